The molecule has 2 heterocycles. The van der Waals surface area contributed by atoms with Gasteiger partial charge in [0.25, 0.3) is 5.91 Å². The number of carbonyl (C=O) groups excluding carboxylic acids is 1. The quantitative estimate of drug-likeness (QED) is 0.725. The molecule has 3 rings (SSSR count). The highest BCUT2D eigenvalue weighted by Gasteiger charge is 2.15. The van der Waals surface area contributed by atoms with E-state index in [1.807, 2.05) is 17.8 Å². The molecule has 0 fully saturated rings. The largest absolute Gasteiger partial charge is 0.398 e. The van der Waals surface area contributed by atoms with Gasteiger partial charge >= 0.3 is 0 Å². The summed E-state index contributed by atoms with van der Waals surface area (Å²) in [5, 5.41) is 4.51. The van der Waals surface area contributed by atoms with Crippen LogP contribution in [-0.4, -0.2) is 20.4 Å². The van der Waals surface area contributed by atoms with Gasteiger partial charge < -0.3 is 15.6 Å². The van der Waals surface area contributed by atoms with Crippen molar-refractivity contribution in [3.05, 3.63) is 53.3 Å². The van der Waals surface area contributed by atoms with E-state index in [0.717, 1.165) is 5.82 Å². The van der Waals surface area contributed by atoms with Gasteiger partial charge in [0.05, 0.1) is 11.6 Å². The van der Waals surface area contributed by atoms with Gasteiger partial charge in [-0.05, 0) is 18.2 Å². The van der Waals surface area contributed by atoms with E-state index in [1.165, 1.54) is 0 Å². The normalized spacial score (nSPS) is 10.8. The third-order valence-corrected chi connectivity index (χ3v) is 3.77. The Kier molecular flexibility index (Phi) is 3.68. The van der Waals surface area contributed by atoms with Crippen LogP contribution in [0.5, 0.6) is 0 Å². The summed E-state index contributed by atoms with van der Waals surface area (Å²) in [6, 6.07) is 5.11. The third-order valence-electron chi connectivity index (χ3n) is 3.45. The van der Waals surface area contributed by atoms with Crippen molar-refractivity contribution in [2.45, 2.75) is 6.54 Å². The number of nitrogens with zero attached hydrogens (tertiary/aromatic N) is 3. The first-order chi connectivity index (χ1) is 10.6. The van der Waals surface area contributed by atoms with E-state index < -0.39 is 0 Å². The summed E-state index contributed by atoms with van der Waals surface area (Å²) in [6.07, 6.45) is 5.04. The van der Waals surface area contributed by atoms with Crippen LogP contribution in [0.3, 0.4) is 0 Å². The number of hydrogen-bond donors (Lipinski definition) is 2. The predicted octanol–water partition coefficient (Wildman–Crippen LogP) is 2.13. The number of nitrogens with one attached hydrogen (secondary N) is 1. The molecule has 6 nitrogen and oxygen atoms in total. The standard InChI is InChI=1S/C15H14ClN5O/c1-21-7-6-18-12(21)8-20-15(22)14-13-9(4-5-19-14)11(17)3-2-10(13)16/h2-7H,8,17H2,1H3,(H,20,22). The smallest absolute Gasteiger partial charge is 0.270 e. The molecule has 3 aromatic rings. The first kappa shape index (κ1) is 14.3. The van der Waals surface area contributed by atoms with E-state index in [4.69, 9.17) is 17.3 Å². The van der Waals surface area contributed by atoms with Gasteiger partial charge in [-0.1, -0.05) is 11.6 Å². The Balaban J connectivity index is 1.94. The summed E-state index contributed by atoms with van der Waals surface area (Å²) in [4.78, 5) is 20.7. The van der Waals surface area contributed by atoms with Crippen LogP contribution < -0.4 is 11.1 Å². The Bertz CT molecular complexity index is 858. The Hall–Kier alpha value is -2.60. The maximum absolute atomic E-state index is 12.4. The number of aryl methyl sites for hydroxylation is 1. The molecule has 7 heteroatoms. The molecule has 1 amide bonds. The Morgan fingerprint density at radius 1 is 1.32 bits per heavy atom. The number of hydrogen-bond acceptors (Lipinski definition) is 4. The number of carbonyl (C=O) groups is 1. The molecule has 0 atom stereocenters. The van der Waals surface area contributed by atoms with Crippen molar-refractivity contribution >= 4 is 34.0 Å². The molecule has 0 unspecified atom stereocenters. The highest BCUT2D eigenvalue weighted by Crippen LogP contribution is 2.29. The molecule has 0 aliphatic rings. The zero-order valence-electron chi connectivity index (χ0n) is 11.9. The number of rotatable bonds is 3. The van der Waals surface area contributed by atoms with Crippen molar-refractivity contribution in [2.24, 2.45) is 7.05 Å². The Morgan fingerprint density at radius 2 is 2.14 bits per heavy atom. The number of imidazole rings is 1. The molecule has 3 N–H and O–H groups in total. The summed E-state index contributed by atoms with van der Waals surface area (Å²) in [7, 11) is 1.86. The first-order valence-electron chi connectivity index (χ1n) is 6.65. The number of benzene rings is 1. The molecule has 1 aromatic carbocycles. The number of fused-ring (bicyclic) bond motifs is 1. The molecule has 0 radical (unpaired) electrons. The predicted molar refractivity (Wildman–Crippen MR) is 85.5 cm³/mol. The maximum Gasteiger partial charge on any atom is 0.270 e. The molecule has 22 heavy (non-hydrogen) atoms. The molecule has 2 aromatic heterocycles. The first-order valence-corrected chi connectivity index (χ1v) is 7.03. The van der Waals surface area contributed by atoms with Gasteiger partial charge in [0.1, 0.15) is 11.5 Å². The van der Waals surface area contributed by atoms with Gasteiger partial charge in [0.15, 0.2) is 0 Å². The van der Waals surface area contributed by atoms with E-state index in [9.17, 15) is 4.79 Å². The lowest BCUT2D eigenvalue weighted by atomic mass is 10.1. The lowest BCUT2D eigenvalue weighted by Gasteiger charge is -2.10. The van der Waals surface area contributed by atoms with Crippen LogP contribution >= 0.6 is 11.6 Å². The lowest BCUT2D eigenvalue weighted by Crippen LogP contribution is -2.25. The Labute approximate surface area is 131 Å². The minimum absolute atomic E-state index is 0.254. The molecule has 0 aliphatic heterocycles. The summed E-state index contributed by atoms with van der Waals surface area (Å²) < 4.78 is 1.84. The highest BCUT2D eigenvalue weighted by molar-refractivity contribution is 6.37. The number of pyridine rings is 1. The third kappa shape index (κ3) is 2.48. The van der Waals surface area contributed by atoms with E-state index >= 15 is 0 Å². The lowest BCUT2D eigenvalue weighted by molar-refractivity contribution is 0.0946. The van der Waals surface area contributed by atoms with Crippen LogP contribution in [0.2, 0.25) is 5.02 Å². The van der Waals surface area contributed by atoms with Gasteiger partial charge in [0, 0.05) is 42.1 Å². The molecular formula is C15H14ClN5O. The molecule has 0 saturated heterocycles. The van der Waals surface area contributed by atoms with E-state index in [1.54, 1.807) is 30.6 Å². The van der Waals surface area contributed by atoms with Crippen LogP contribution in [0, 0.1) is 0 Å². The number of aromatic nitrogens is 3. The average Bonchev–Trinajstić information content (AvgIpc) is 2.93. The minimum atomic E-state index is -0.318. The van der Waals surface area contributed by atoms with E-state index in [-0.39, 0.29) is 11.6 Å². The number of nitrogen functional groups attached to an aromatic ring is 1. The number of nitrogens with two attached hydrogens (primary N) is 1. The zero-order chi connectivity index (χ0) is 15.7. The SMILES string of the molecule is Cn1ccnc1CNC(=O)c1nccc2c(N)ccc(Cl)c12. The van der Waals surface area contributed by atoms with Crippen molar-refractivity contribution in [3.63, 3.8) is 0 Å². The number of halogens is 1. The van der Waals surface area contributed by atoms with Crippen molar-refractivity contribution in [3.8, 4) is 0 Å². The second-order valence-corrected chi connectivity index (χ2v) is 5.26. The number of amides is 1. The molecule has 0 aliphatic carbocycles. The summed E-state index contributed by atoms with van der Waals surface area (Å²) in [5.41, 5.74) is 6.74. The van der Waals surface area contributed by atoms with Gasteiger partial charge in [-0.25, -0.2) is 4.98 Å². The van der Waals surface area contributed by atoms with E-state index in [0.29, 0.717) is 28.0 Å². The van der Waals surface area contributed by atoms with Gasteiger partial charge in [-0.15, -0.1) is 0 Å². The fraction of sp³-hybridized carbons (Fsp3) is 0.133. The van der Waals surface area contributed by atoms with Crippen LogP contribution in [0.25, 0.3) is 10.8 Å². The molecule has 0 bridgehead atoms. The van der Waals surface area contributed by atoms with Crippen molar-refractivity contribution in [1.82, 2.24) is 19.9 Å². The highest BCUT2D eigenvalue weighted by atomic mass is 35.5. The Morgan fingerprint density at radius 3 is 2.86 bits per heavy atom. The van der Waals surface area contributed by atoms with Crippen LogP contribution in [-0.2, 0) is 13.6 Å². The van der Waals surface area contributed by atoms with Crippen LogP contribution in [0.4, 0.5) is 5.69 Å². The van der Waals surface area contributed by atoms with E-state index in [2.05, 4.69) is 15.3 Å². The molecule has 112 valence electrons. The van der Waals surface area contributed by atoms with Crippen molar-refractivity contribution in [2.75, 3.05) is 5.73 Å². The van der Waals surface area contributed by atoms with Crippen molar-refractivity contribution in [1.29, 1.82) is 0 Å². The summed E-state index contributed by atoms with van der Waals surface area (Å²) in [6.45, 7) is 0.306. The molecule has 0 saturated carbocycles. The second-order valence-electron chi connectivity index (χ2n) is 4.86. The van der Waals surface area contributed by atoms with Crippen molar-refractivity contribution < 1.29 is 4.79 Å². The number of anilines is 1. The molecular weight excluding hydrogens is 302 g/mol. The minimum Gasteiger partial charge on any atom is -0.398 e. The fourth-order valence-corrected chi connectivity index (χ4v) is 2.52. The second kappa shape index (κ2) is 5.65. The molecule has 0 spiro atoms. The monoisotopic (exact) mass is 315 g/mol. The summed E-state index contributed by atoms with van der Waals surface area (Å²) in [5.74, 6) is 0.431. The van der Waals surface area contributed by atoms with Gasteiger partial charge in [-0.3, -0.25) is 9.78 Å². The van der Waals surface area contributed by atoms with Crippen LogP contribution in [0.15, 0.2) is 36.8 Å². The topological polar surface area (TPSA) is 85.8 Å². The summed E-state index contributed by atoms with van der Waals surface area (Å²) >= 11 is 6.21. The fourth-order valence-electron chi connectivity index (χ4n) is 2.26. The van der Waals surface area contributed by atoms with Gasteiger partial charge in [-0.2, -0.15) is 0 Å². The van der Waals surface area contributed by atoms with Gasteiger partial charge in [0.2, 0.25) is 0 Å². The van der Waals surface area contributed by atoms with Crippen LogP contribution in [0.1, 0.15) is 16.3 Å². The average molecular weight is 316 g/mol. The zero-order valence-corrected chi connectivity index (χ0v) is 12.6. The maximum atomic E-state index is 12.4.